The molecule has 0 bridgehead atoms. The van der Waals surface area contributed by atoms with Crippen LogP contribution in [0.5, 0.6) is 11.5 Å². The molecular formula is C24H38N2O4. The number of benzene rings is 1. The number of rotatable bonds is 7. The number of hydrogen-bond donors (Lipinski definition) is 1. The van der Waals surface area contributed by atoms with Gasteiger partial charge in [-0.15, -0.1) is 0 Å². The van der Waals surface area contributed by atoms with Crippen molar-refractivity contribution in [2.45, 2.75) is 65.0 Å². The average molecular weight is 430 g/mol. The van der Waals surface area contributed by atoms with Crippen LogP contribution in [0, 0.1) is 17.7 Å². The van der Waals surface area contributed by atoms with Crippen LogP contribution in [0.25, 0.3) is 0 Å². The second-order valence-corrected chi connectivity index (χ2v) is 8.22. The smallest absolute Gasteiger partial charge is 0.323 e. The summed E-state index contributed by atoms with van der Waals surface area (Å²) < 4.78 is 106. The van der Waals surface area contributed by atoms with Gasteiger partial charge < -0.3 is 19.9 Å². The first-order valence-electron chi connectivity index (χ1n) is 15.7. The number of ether oxygens (including phenoxy) is 3. The Labute approximate surface area is 196 Å². The molecule has 2 aliphatic rings. The summed E-state index contributed by atoms with van der Waals surface area (Å²) in [6.07, 6.45) is -3.78. The van der Waals surface area contributed by atoms with E-state index < -0.39 is 56.2 Å². The summed E-state index contributed by atoms with van der Waals surface area (Å²) in [5.41, 5.74) is 6.69. The molecule has 6 nitrogen and oxygen atoms in total. The molecule has 0 aromatic heterocycles. The average Bonchev–Trinajstić information content (AvgIpc) is 2.84. The molecule has 1 aromatic rings. The Morgan fingerprint density at radius 3 is 2.83 bits per heavy atom. The Bertz CT molecular complexity index is 1150. The maximum absolute atomic E-state index is 13.0. The molecule has 2 aliphatic heterocycles. The number of hydrogen-bond acceptors (Lipinski definition) is 6. The number of nitrogens with two attached hydrogens (primary N) is 1. The SMILES string of the molecule is [2H]c1c2c(c([2H])c(OC)c1OC([2H])([2H])[2H])C1CC(OC(=O)[C@@H](N)C(C)C)C(C([2H])([2H])C([2H])(C)C([2H])([2H])[2H])CN1CC2. The van der Waals surface area contributed by atoms with E-state index in [1.807, 2.05) is 4.90 Å². The molecule has 5 atom stereocenters. The monoisotopic (exact) mass is 429 g/mol. The summed E-state index contributed by atoms with van der Waals surface area (Å²) in [6.45, 7) is 1.58. The van der Waals surface area contributed by atoms with Gasteiger partial charge in [0.25, 0.3) is 0 Å². The zero-order valence-corrected chi connectivity index (χ0v) is 17.9. The molecular weight excluding hydrogens is 380 g/mol. The molecule has 0 radical (unpaired) electrons. The first kappa shape index (κ1) is 12.3. The summed E-state index contributed by atoms with van der Waals surface area (Å²) >= 11 is 0. The molecule has 0 saturated carbocycles. The zero-order chi connectivity index (χ0) is 31.5. The van der Waals surface area contributed by atoms with Crippen molar-refractivity contribution in [3.63, 3.8) is 0 Å². The van der Waals surface area contributed by atoms with Gasteiger partial charge in [-0.05, 0) is 47.8 Å². The lowest BCUT2D eigenvalue weighted by molar-refractivity contribution is -0.160. The highest BCUT2D eigenvalue weighted by molar-refractivity contribution is 5.76. The van der Waals surface area contributed by atoms with Crippen molar-refractivity contribution in [3.05, 3.63) is 23.2 Å². The van der Waals surface area contributed by atoms with Crippen LogP contribution in [0.4, 0.5) is 0 Å². The number of esters is 1. The van der Waals surface area contributed by atoms with Gasteiger partial charge in [-0.1, -0.05) is 27.6 Å². The van der Waals surface area contributed by atoms with Crippen molar-refractivity contribution in [2.75, 3.05) is 27.2 Å². The number of fused-ring (bicyclic) bond motifs is 3. The van der Waals surface area contributed by atoms with Crippen molar-refractivity contribution >= 4 is 5.97 Å². The highest BCUT2D eigenvalue weighted by Gasteiger charge is 2.41. The van der Waals surface area contributed by atoms with E-state index in [9.17, 15) is 4.79 Å². The van der Waals surface area contributed by atoms with E-state index in [4.69, 9.17) is 35.0 Å². The van der Waals surface area contributed by atoms with Crippen LogP contribution < -0.4 is 15.2 Å². The van der Waals surface area contributed by atoms with E-state index >= 15 is 0 Å². The van der Waals surface area contributed by atoms with Crippen LogP contribution in [0.1, 0.15) is 72.7 Å². The number of piperidine rings is 1. The highest BCUT2D eigenvalue weighted by Crippen LogP contribution is 2.44. The Morgan fingerprint density at radius 2 is 2.17 bits per heavy atom. The van der Waals surface area contributed by atoms with Crippen LogP contribution in [0.2, 0.25) is 0 Å². The minimum Gasteiger partial charge on any atom is -0.493 e. The summed E-state index contributed by atoms with van der Waals surface area (Å²) in [5, 5.41) is 0. The lowest BCUT2D eigenvalue weighted by Gasteiger charge is -2.47. The van der Waals surface area contributed by atoms with E-state index in [0.29, 0.717) is 11.1 Å². The van der Waals surface area contributed by atoms with Crippen molar-refractivity contribution in [3.8, 4) is 11.5 Å². The summed E-state index contributed by atoms with van der Waals surface area (Å²) in [4.78, 5) is 14.8. The van der Waals surface area contributed by atoms with Crippen molar-refractivity contribution in [2.24, 2.45) is 23.5 Å². The molecule has 2 heterocycles. The van der Waals surface area contributed by atoms with Crippen LogP contribution in [-0.2, 0) is 16.0 Å². The van der Waals surface area contributed by atoms with Gasteiger partial charge in [0.2, 0.25) is 0 Å². The number of nitrogens with zero attached hydrogens (tertiary/aromatic N) is 1. The van der Waals surface area contributed by atoms with Gasteiger partial charge in [-0.25, -0.2) is 0 Å². The lowest BCUT2D eigenvalue weighted by atomic mass is 9.79. The Morgan fingerprint density at radius 1 is 1.40 bits per heavy atom. The van der Waals surface area contributed by atoms with Crippen molar-refractivity contribution < 1.29 is 34.1 Å². The summed E-state index contributed by atoms with van der Waals surface area (Å²) in [6, 6.07) is -2.19. The predicted molar refractivity (Wildman–Crippen MR) is 118 cm³/mol. The number of methoxy groups -OCH3 is 2. The summed E-state index contributed by atoms with van der Waals surface area (Å²) in [7, 11) is -1.67. The highest BCUT2D eigenvalue weighted by atomic mass is 16.5. The largest absolute Gasteiger partial charge is 0.493 e. The van der Waals surface area contributed by atoms with Crippen LogP contribution >= 0.6 is 0 Å². The molecule has 1 fully saturated rings. The van der Waals surface area contributed by atoms with Crippen LogP contribution in [0.3, 0.4) is 0 Å². The Balaban J connectivity index is 2.15. The van der Waals surface area contributed by atoms with Gasteiger partial charge in [0.05, 0.1) is 21.0 Å². The maximum Gasteiger partial charge on any atom is 0.323 e. The molecule has 1 saturated heterocycles. The number of carbonyl (C=O) groups is 1. The molecule has 6 heteroatoms. The second-order valence-electron chi connectivity index (χ2n) is 8.22. The van der Waals surface area contributed by atoms with E-state index in [-0.39, 0.29) is 55.4 Å². The Kier molecular flexibility index (Phi) is 3.92. The maximum atomic E-state index is 13.0. The zero-order valence-electron chi connectivity index (χ0n) is 28.9. The molecule has 4 unspecified atom stereocenters. The van der Waals surface area contributed by atoms with Crippen molar-refractivity contribution in [1.82, 2.24) is 4.90 Å². The lowest BCUT2D eigenvalue weighted by Crippen LogP contribution is -2.51. The third kappa shape index (κ3) is 4.75. The molecule has 0 aliphatic carbocycles. The van der Waals surface area contributed by atoms with Gasteiger partial charge in [0.15, 0.2) is 11.5 Å². The first-order valence-corrected chi connectivity index (χ1v) is 10.2. The van der Waals surface area contributed by atoms with E-state index in [1.165, 1.54) is 7.11 Å². The minimum absolute atomic E-state index is 0.0846. The van der Waals surface area contributed by atoms with Crippen molar-refractivity contribution in [1.29, 1.82) is 0 Å². The fourth-order valence-corrected chi connectivity index (χ4v) is 4.09. The fraction of sp³-hybridized carbons (Fsp3) is 0.708. The van der Waals surface area contributed by atoms with Gasteiger partial charge in [-0.2, -0.15) is 0 Å². The van der Waals surface area contributed by atoms with Crippen LogP contribution in [0.15, 0.2) is 12.1 Å². The van der Waals surface area contributed by atoms with E-state index in [0.717, 1.165) is 6.92 Å². The molecule has 1 aromatic carbocycles. The molecule has 0 spiro atoms. The van der Waals surface area contributed by atoms with Crippen LogP contribution in [-0.4, -0.2) is 50.3 Å². The minimum atomic E-state index is -2.99. The number of carbonyl (C=O) groups excluding carboxylic acids is 1. The fourth-order valence-electron chi connectivity index (χ4n) is 4.09. The molecule has 30 heavy (non-hydrogen) atoms. The third-order valence-electron chi connectivity index (χ3n) is 5.77. The van der Waals surface area contributed by atoms with E-state index in [2.05, 4.69) is 0 Å². The van der Waals surface area contributed by atoms with Gasteiger partial charge in [-0.3, -0.25) is 9.69 Å². The van der Waals surface area contributed by atoms with Gasteiger partial charge >= 0.3 is 5.97 Å². The summed E-state index contributed by atoms with van der Waals surface area (Å²) in [5.74, 6) is -5.54. The van der Waals surface area contributed by atoms with E-state index in [1.54, 1.807) is 13.8 Å². The Hall–Kier alpha value is -1.79. The standard InChI is InChI=1S/C24H38N2O4/c1-14(2)9-17-13-26-8-7-16-10-21(28-5)22(29-6)11-18(16)19(26)12-20(17)30-24(27)23(25)15(3)4/h10-11,14-15,17,19-20,23H,7-9,12-13,25H2,1-6H3/t17?,19?,20?,23-/m0/s1/i1D3,5D3,9D2,10D,11D,14D/t14?,17?,19?,20?,23-. The quantitative estimate of drug-likeness (QED) is 0.668. The van der Waals surface area contributed by atoms with Gasteiger partial charge in [0, 0.05) is 39.7 Å². The molecule has 0 amide bonds. The molecule has 168 valence electrons. The molecule has 3 rings (SSSR count). The topological polar surface area (TPSA) is 74.0 Å². The van der Waals surface area contributed by atoms with Gasteiger partial charge in [0.1, 0.15) is 12.1 Å². The molecule has 2 N–H and O–H groups in total. The predicted octanol–water partition coefficient (Wildman–Crippen LogP) is 3.56. The third-order valence-corrected chi connectivity index (χ3v) is 5.77. The first-order chi connectivity index (χ1) is 18.6. The second kappa shape index (κ2) is 9.56. The normalized spacial score (nSPS) is 33.5.